The summed E-state index contributed by atoms with van der Waals surface area (Å²) >= 11 is 13.7. The summed E-state index contributed by atoms with van der Waals surface area (Å²) in [7, 11) is 0. The topological polar surface area (TPSA) is 29.5 Å². The highest BCUT2D eigenvalue weighted by molar-refractivity contribution is 7.10. The minimum atomic E-state index is -0.0259. The minimum Gasteiger partial charge on any atom is -0.482 e. The highest BCUT2D eigenvalue weighted by Crippen LogP contribution is 2.35. The van der Waals surface area contributed by atoms with Crippen LogP contribution in [0.25, 0.3) is 0 Å². The molecule has 1 fully saturated rings. The monoisotopic (exact) mass is 355 g/mol. The molecule has 1 atom stereocenters. The van der Waals surface area contributed by atoms with Crippen molar-refractivity contribution in [2.75, 3.05) is 13.2 Å². The number of carbonyl (C=O) groups is 1. The molecule has 0 unspecified atom stereocenters. The number of likely N-dealkylation sites (tertiary alicyclic amines) is 1. The first kappa shape index (κ1) is 15.7. The van der Waals surface area contributed by atoms with Crippen LogP contribution in [0.3, 0.4) is 0 Å². The maximum Gasteiger partial charge on any atom is 0.261 e. The van der Waals surface area contributed by atoms with Crippen LogP contribution in [-0.4, -0.2) is 24.0 Å². The third kappa shape index (κ3) is 3.24. The van der Waals surface area contributed by atoms with Gasteiger partial charge in [-0.1, -0.05) is 35.3 Å². The van der Waals surface area contributed by atoms with E-state index < -0.39 is 0 Å². The second-order valence-electron chi connectivity index (χ2n) is 5.10. The Bertz CT molecular complexity index is 660. The van der Waals surface area contributed by atoms with Crippen molar-refractivity contribution in [3.8, 4) is 5.75 Å². The van der Waals surface area contributed by atoms with Gasteiger partial charge in [-0.15, -0.1) is 11.3 Å². The average molecular weight is 356 g/mol. The fraction of sp³-hybridized carbons (Fsp3) is 0.312. The molecule has 1 aromatic carbocycles. The van der Waals surface area contributed by atoms with Gasteiger partial charge in [0.15, 0.2) is 6.61 Å². The van der Waals surface area contributed by atoms with Crippen molar-refractivity contribution in [3.63, 3.8) is 0 Å². The lowest BCUT2D eigenvalue weighted by atomic mass is 10.2. The number of ether oxygens (including phenoxy) is 1. The van der Waals surface area contributed by atoms with Gasteiger partial charge in [-0.25, -0.2) is 0 Å². The fourth-order valence-corrected chi connectivity index (χ4v) is 3.88. The molecule has 6 heteroatoms. The number of rotatable bonds is 4. The first-order valence-corrected chi connectivity index (χ1v) is 8.70. The molecule has 0 radical (unpaired) electrons. The smallest absolute Gasteiger partial charge is 0.261 e. The normalized spacial score (nSPS) is 17.7. The first-order valence-electron chi connectivity index (χ1n) is 7.06. The van der Waals surface area contributed by atoms with E-state index in [1.54, 1.807) is 29.5 Å². The highest BCUT2D eigenvalue weighted by atomic mass is 35.5. The number of hydrogen-bond donors (Lipinski definition) is 0. The van der Waals surface area contributed by atoms with E-state index in [0.717, 1.165) is 19.4 Å². The van der Waals surface area contributed by atoms with E-state index >= 15 is 0 Å². The molecule has 0 N–H and O–H groups in total. The molecule has 22 heavy (non-hydrogen) atoms. The summed E-state index contributed by atoms with van der Waals surface area (Å²) in [5.74, 6) is 0.418. The maximum atomic E-state index is 12.4. The van der Waals surface area contributed by atoms with E-state index in [-0.39, 0.29) is 18.6 Å². The van der Waals surface area contributed by atoms with Crippen LogP contribution in [-0.2, 0) is 4.79 Å². The van der Waals surface area contributed by atoms with E-state index in [2.05, 4.69) is 6.07 Å². The highest BCUT2D eigenvalue weighted by Gasteiger charge is 2.30. The van der Waals surface area contributed by atoms with Crippen LogP contribution in [0, 0.1) is 0 Å². The number of thiophene rings is 1. The third-order valence-corrected chi connectivity index (χ3v) is 5.49. The van der Waals surface area contributed by atoms with Gasteiger partial charge in [-0.05, 0) is 36.4 Å². The first-order chi connectivity index (χ1) is 10.7. The molecule has 1 aromatic heterocycles. The summed E-state index contributed by atoms with van der Waals surface area (Å²) in [6.07, 6.45) is 2.02. The molecule has 0 saturated carbocycles. The van der Waals surface area contributed by atoms with E-state index in [0.29, 0.717) is 15.8 Å². The summed E-state index contributed by atoms with van der Waals surface area (Å²) in [6.45, 7) is 0.746. The van der Waals surface area contributed by atoms with Crippen LogP contribution in [0.1, 0.15) is 23.8 Å². The minimum absolute atomic E-state index is 0.0213. The summed E-state index contributed by atoms with van der Waals surface area (Å²) in [5, 5.41) is 2.80. The zero-order chi connectivity index (χ0) is 15.5. The van der Waals surface area contributed by atoms with Gasteiger partial charge < -0.3 is 9.64 Å². The molecular formula is C16H15Cl2NO2S. The van der Waals surface area contributed by atoms with Crippen LogP contribution >= 0.6 is 34.5 Å². The Labute approximate surface area is 143 Å². The predicted octanol–water partition coefficient (Wildman–Crippen LogP) is 4.80. The molecule has 0 aliphatic carbocycles. The van der Waals surface area contributed by atoms with Crippen LogP contribution < -0.4 is 4.74 Å². The molecule has 116 valence electrons. The van der Waals surface area contributed by atoms with Gasteiger partial charge in [0.05, 0.1) is 11.1 Å². The van der Waals surface area contributed by atoms with E-state index in [9.17, 15) is 4.79 Å². The van der Waals surface area contributed by atoms with Crippen LogP contribution in [0.15, 0.2) is 35.7 Å². The Morgan fingerprint density at radius 1 is 1.32 bits per heavy atom. The summed E-state index contributed by atoms with van der Waals surface area (Å²) in [5.41, 5.74) is 0. The van der Waals surface area contributed by atoms with Crippen LogP contribution in [0.2, 0.25) is 10.0 Å². The van der Waals surface area contributed by atoms with Gasteiger partial charge in [0.2, 0.25) is 0 Å². The Morgan fingerprint density at radius 2 is 2.18 bits per heavy atom. The maximum absolute atomic E-state index is 12.4. The van der Waals surface area contributed by atoms with Crippen molar-refractivity contribution in [1.82, 2.24) is 4.90 Å². The van der Waals surface area contributed by atoms with Crippen molar-refractivity contribution in [2.24, 2.45) is 0 Å². The second-order valence-corrected chi connectivity index (χ2v) is 6.87. The SMILES string of the molecule is O=C(COc1cccc(Cl)c1Cl)N1CCC[C@@H]1c1cccs1. The molecule has 3 nitrogen and oxygen atoms in total. The van der Waals surface area contributed by atoms with Crippen molar-refractivity contribution in [1.29, 1.82) is 0 Å². The van der Waals surface area contributed by atoms with Crippen LogP contribution in [0.4, 0.5) is 0 Å². The van der Waals surface area contributed by atoms with E-state index in [1.165, 1.54) is 4.88 Å². The van der Waals surface area contributed by atoms with Gasteiger partial charge in [0.25, 0.3) is 5.91 Å². The van der Waals surface area contributed by atoms with Crippen molar-refractivity contribution in [2.45, 2.75) is 18.9 Å². The van der Waals surface area contributed by atoms with Crippen molar-refractivity contribution < 1.29 is 9.53 Å². The lowest BCUT2D eigenvalue weighted by Gasteiger charge is -2.24. The van der Waals surface area contributed by atoms with Gasteiger partial charge in [-0.3, -0.25) is 4.79 Å². The standard InChI is InChI=1S/C16H15Cl2NO2S/c17-11-4-1-6-13(16(11)18)21-10-15(20)19-8-2-5-12(19)14-7-3-9-22-14/h1,3-4,6-7,9,12H,2,5,8,10H2/t12-/m1/s1. The number of benzene rings is 1. The van der Waals surface area contributed by atoms with E-state index in [4.69, 9.17) is 27.9 Å². The third-order valence-electron chi connectivity index (χ3n) is 3.71. The number of nitrogens with zero attached hydrogens (tertiary/aromatic N) is 1. The predicted molar refractivity (Wildman–Crippen MR) is 90.0 cm³/mol. The molecule has 0 bridgehead atoms. The van der Waals surface area contributed by atoms with E-state index in [1.807, 2.05) is 16.3 Å². The zero-order valence-corrected chi connectivity index (χ0v) is 14.1. The van der Waals surface area contributed by atoms with Gasteiger partial charge in [0, 0.05) is 11.4 Å². The van der Waals surface area contributed by atoms with Gasteiger partial charge >= 0.3 is 0 Å². The largest absolute Gasteiger partial charge is 0.482 e. The molecule has 3 rings (SSSR count). The van der Waals surface area contributed by atoms with Gasteiger partial charge in [0.1, 0.15) is 10.8 Å². The number of hydrogen-bond acceptors (Lipinski definition) is 3. The molecule has 2 heterocycles. The summed E-state index contributed by atoms with van der Waals surface area (Å²) < 4.78 is 5.55. The molecule has 2 aromatic rings. The zero-order valence-electron chi connectivity index (χ0n) is 11.8. The average Bonchev–Trinajstić information content (AvgIpc) is 3.18. The fourth-order valence-electron chi connectivity index (χ4n) is 2.66. The Hall–Kier alpha value is -1.23. The number of amides is 1. The molecule has 1 aliphatic heterocycles. The van der Waals surface area contributed by atoms with Crippen LogP contribution in [0.5, 0.6) is 5.75 Å². The number of halogens is 2. The molecule has 1 amide bonds. The number of carbonyl (C=O) groups excluding carboxylic acids is 1. The summed E-state index contributed by atoms with van der Waals surface area (Å²) in [4.78, 5) is 15.6. The molecule has 0 spiro atoms. The van der Waals surface area contributed by atoms with Crippen molar-refractivity contribution in [3.05, 3.63) is 50.6 Å². The molecule has 1 saturated heterocycles. The Balaban J connectivity index is 1.65. The lowest BCUT2D eigenvalue weighted by Crippen LogP contribution is -2.34. The second kappa shape index (κ2) is 6.90. The molecular weight excluding hydrogens is 341 g/mol. The molecule has 1 aliphatic rings. The summed E-state index contributed by atoms with van der Waals surface area (Å²) in [6, 6.07) is 9.41. The van der Waals surface area contributed by atoms with Gasteiger partial charge in [-0.2, -0.15) is 0 Å². The Kier molecular flexibility index (Phi) is 4.91. The Morgan fingerprint density at radius 3 is 2.95 bits per heavy atom. The quantitative estimate of drug-likeness (QED) is 0.788. The lowest BCUT2D eigenvalue weighted by molar-refractivity contribution is -0.134. The van der Waals surface area contributed by atoms with Crippen molar-refractivity contribution >= 4 is 40.4 Å².